The Morgan fingerprint density at radius 1 is 1.22 bits per heavy atom. The van der Waals surface area contributed by atoms with Crippen LogP contribution >= 0.6 is 0 Å². The van der Waals surface area contributed by atoms with Gasteiger partial charge in [0, 0.05) is 37.7 Å². The lowest BCUT2D eigenvalue weighted by atomic mass is 9.96. The van der Waals surface area contributed by atoms with Gasteiger partial charge in [0.25, 0.3) is 12.0 Å². The number of halogens is 2. The predicted molar refractivity (Wildman–Crippen MR) is 93.8 cm³/mol. The van der Waals surface area contributed by atoms with Crippen LogP contribution in [0, 0.1) is 5.92 Å². The number of hydrogen-bond donors (Lipinski definition) is 0. The Kier molecular flexibility index (Phi) is 5.11. The minimum absolute atomic E-state index is 0.298. The molecule has 2 aromatic rings. The quantitative estimate of drug-likeness (QED) is 0.811. The number of alkyl halides is 2. The van der Waals surface area contributed by atoms with Crippen molar-refractivity contribution in [2.45, 2.75) is 38.8 Å². The molecule has 0 aromatic carbocycles. The van der Waals surface area contributed by atoms with E-state index in [4.69, 9.17) is 4.74 Å². The number of piperidine rings is 1. The summed E-state index contributed by atoms with van der Waals surface area (Å²) in [6.45, 7) is 3.38. The Hall–Kier alpha value is -2.42. The van der Waals surface area contributed by atoms with Gasteiger partial charge in [-0.3, -0.25) is 9.36 Å². The van der Waals surface area contributed by atoms with Crippen LogP contribution < -0.4 is 10.5 Å². The highest BCUT2D eigenvalue weighted by Crippen LogP contribution is 2.28. The van der Waals surface area contributed by atoms with Gasteiger partial charge in [0.1, 0.15) is 17.8 Å². The Morgan fingerprint density at radius 2 is 2.04 bits per heavy atom. The van der Waals surface area contributed by atoms with E-state index in [1.807, 2.05) is 0 Å². The van der Waals surface area contributed by atoms with Crippen molar-refractivity contribution in [3.63, 3.8) is 0 Å². The summed E-state index contributed by atoms with van der Waals surface area (Å²) in [5.41, 5.74) is 1.24. The third-order valence-corrected chi connectivity index (χ3v) is 5.23. The zero-order chi connectivity index (χ0) is 18.8. The molecule has 7 nitrogen and oxygen atoms in total. The fourth-order valence-electron chi connectivity index (χ4n) is 3.72. The predicted octanol–water partition coefficient (Wildman–Crippen LogP) is 1.96. The number of hydrogen-bond acceptors (Lipinski definition) is 6. The van der Waals surface area contributed by atoms with Crippen molar-refractivity contribution in [3.05, 3.63) is 46.0 Å². The van der Waals surface area contributed by atoms with Crippen LogP contribution in [-0.2, 0) is 24.3 Å². The normalized spacial score (nSPS) is 18.0. The van der Waals surface area contributed by atoms with Crippen LogP contribution in [0.2, 0.25) is 0 Å². The number of ether oxygens (including phenoxy) is 1. The van der Waals surface area contributed by atoms with E-state index in [0.717, 1.165) is 55.5 Å². The summed E-state index contributed by atoms with van der Waals surface area (Å²) in [6, 6.07) is 0.924. The van der Waals surface area contributed by atoms with E-state index in [1.165, 1.54) is 10.9 Å². The van der Waals surface area contributed by atoms with Gasteiger partial charge in [-0.05, 0) is 18.8 Å². The topological polar surface area (TPSA) is 73.1 Å². The van der Waals surface area contributed by atoms with E-state index < -0.39 is 17.7 Å². The van der Waals surface area contributed by atoms with Crippen LogP contribution in [0.3, 0.4) is 0 Å². The summed E-state index contributed by atoms with van der Waals surface area (Å²) < 4.78 is 32.2. The van der Waals surface area contributed by atoms with E-state index in [9.17, 15) is 13.6 Å². The van der Waals surface area contributed by atoms with E-state index in [1.54, 1.807) is 6.33 Å². The molecule has 1 saturated heterocycles. The average Bonchev–Trinajstić information content (AvgIpc) is 2.69. The molecule has 4 heterocycles. The van der Waals surface area contributed by atoms with Gasteiger partial charge >= 0.3 is 0 Å². The number of aromatic nitrogens is 4. The SMILES string of the molecule is O=c1cc(C(F)F)ncn1CC1CCN(c2ncnc3c2COCC3)CC1. The first kappa shape index (κ1) is 18.0. The van der Waals surface area contributed by atoms with Crippen LogP contribution in [0.5, 0.6) is 0 Å². The third kappa shape index (κ3) is 3.83. The van der Waals surface area contributed by atoms with Crippen molar-refractivity contribution < 1.29 is 13.5 Å². The maximum absolute atomic E-state index is 12.6. The molecule has 0 amide bonds. The number of anilines is 1. The van der Waals surface area contributed by atoms with Crippen molar-refractivity contribution >= 4 is 5.82 Å². The van der Waals surface area contributed by atoms with Gasteiger partial charge in [-0.1, -0.05) is 0 Å². The first-order valence-corrected chi connectivity index (χ1v) is 9.12. The summed E-state index contributed by atoms with van der Waals surface area (Å²) in [5.74, 6) is 1.24. The van der Waals surface area contributed by atoms with Crippen LogP contribution in [0.25, 0.3) is 0 Å². The molecule has 2 aromatic heterocycles. The van der Waals surface area contributed by atoms with Crippen LogP contribution in [0.15, 0.2) is 23.5 Å². The Labute approximate surface area is 155 Å². The second kappa shape index (κ2) is 7.67. The molecule has 0 bridgehead atoms. The largest absolute Gasteiger partial charge is 0.376 e. The molecule has 2 aliphatic heterocycles. The summed E-state index contributed by atoms with van der Waals surface area (Å²) in [5, 5.41) is 0. The van der Waals surface area contributed by atoms with E-state index >= 15 is 0 Å². The minimum atomic E-state index is -2.72. The molecule has 27 heavy (non-hydrogen) atoms. The summed E-state index contributed by atoms with van der Waals surface area (Å²) in [7, 11) is 0. The third-order valence-electron chi connectivity index (χ3n) is 5.23. The van der Waals surface area contributed by atoms with Crippen LogP contribution in [0.4, 0.5) is 14.6 Å². The molecule has 0 saturated carbocycles. The highest BCUT2D eigenvalue weighted by atomic mass is 19.3. The summed E-state index contributed by atoms with van der Waals surface area (Å²) >= 11 is 0. The van der Waals surface area contributed by atoms with Crippen LogP contribution in [0.1, 0.15) is 36.2 Å². The Balaban J connectivity index is 1.41. The molecule has 0 atom stereocenters. The zero-order valence-electron chi connectivity index (χ0n) is 14.9. The molecule has 9 heteroatoms. The maximum atomic E-state index is 12.6. The summed E-state index contributed by atoms with van der Waals surface area (Å²) in [6.07, 6.45) is 2.71. The molecule has 4 rings (SSSR count). The lowest BCUT2D eigenvalue weighted by Gasteiger charge is -2.34. The van der Waals surface area contributed by atoms with E-state index in [-0.39, 0.29) is 0 Å². The van der Waals surface area contributed by atoms with Gasteiger partial charge < -0.3 is 9.64 Å². The smallest absolute Gasteiger partial charge is 0.280 e. The molecule has 0 unspecified atom stereocenters. The first-order chi connectivity index (χ1) is 13.1. The van der Waals surface area contributed by atoms with Gasteiger partial charge in [0.2, 0.25) is 0 Å². The monoisotopic (exact) mass is 377 g/mol. The lowest BCUT2D eigenvalue weighted by Crippen LogP contribution is -2.38. The molecule has 144 valence electrons. The fourth-order valence-corrected chi connectivity index (χ4v) is 3.72. The van der Waals surface area contributed by atoms with Gasteiger partial charge in [-0.15, -0.1) is 0 Å². The molecule has 2 aliphatic rings. The fraction of sp³-hybridized carbons (Fsp3) is 0.556. The van der Waals surface area contributed by atoms with Gasteiger partial charge in [-0.2, -0.15) is 0 Å². The van der Waals surface area contributed by atoms with Crippen molar-refractivity contribution in [2.75, 3.05) is 24.6 Å². The zero-order valence-corrected chi connectivity index (χ0v) is 14.9. The van der Waals surface area contributed by atoms with Crippen LogP contribution in [-0.4, -0.2) is 39.2 Å². The minimum Gasteiger partial charge on any atom is -0.376 e. The molecule has 0 aliphatic carbocycles. The van der Waals surface area contributed by atoms with E-state index in [0.29, 0.717) is 25.7 Å². The number of nitrogens with zero attached hydrogens (tertiary/aromatic N) is 5. The molecule has 0 spiro atoms. The van der Waals surface area contributed by atoms with Gasteiger partial charge in [-0.25, -0.2) is 23.7 Å². The molecule has 1 fully saturated rings. The molecular weight excluding hydrogens is 356 g/mol. The molecule has 0 N–H and O–H groups in total. The van der Waals surface area contributed by atoms with E-state index in [2.05, 4.69) is 19.9 Å². The van der Waals surface area contributed by atoms with Crippen molar-refractivity contribution in [2.24, 2.45) is 5.92 Å². The maximum Gasteiger partial charge on any atom is 0.280 e. The van der Waals surface area contributed by atoms with Crippen molar-refractivity contribution in [1.29, 1.82) is 0 Å². The average molecular weight is 377 g/mol. The second-order valence-electron chi connectivity index (χ2n) is 6.96. The van der Waals surface area contributed by atoms with Crippen molar-refractivity contribution in [3.8, 4) is 0 Å². The first-order valence-electron chi connectivity index (χ1n) is 9.12. The van der Waals surface area contributed by atoms with Gasteiger partial charge in [0.05, 0.1) is 25.2 Å². The van der Waals surface area contributed by atoms with Crippen molar-refractivity contribution in [1.82, 2.24) is 19.5 Å². The molecule has 0 radical (unpaired) electrons. The Morgan fingerprint density at radius 3 is 2.78 bits per heavy atom. The summed E-state index contributed by atoms with van der Waals surface area (Å²) in [4.78, 5) is 26.8. The number of rotatable bonds is 4. The highest BCUT2D eigenvalue weighted by Gasteiger charge is 2.25. The number of fused-ring (bicyclic) bond motifs is 1. The highest BCUT2D eigenvalue weighted by molar-refractivity contribution is 5.49. The lowest BCUT2D eigenvalue weighted by molar-refractivity contribution is 0.109. The second-order valence-corrected chi connectivity index (χ2v) is 6.96. The van der Waals surface area contributed by atoms with Gasteiger partial charge in [0.15, 0.2) is 0 Å². The standard InChI is InChI=1S/C18H21F2N5O2/c19-17(20)15-7-16(26)25(11-23-15)8-12-1-4-24(5-2-12)18-13-9-27-6-3-14(13)21-10-22-18/h7,10-12,17H,1-6,8-9H2. The molecular formula is C18H21F2N5O2. The Bertz CT molecular complexity index is 865.